The van der Waals surface area contributed by atoms with E-state index in [1.165, 1.54) is 24.3 Å². The molecular weight excluding hydrogens is 433 g/mol. The summed E-state index contributed by atoms with van der Waals surface area (Å²) in [6.45, 7) is -0.460. The number of rotatable bonds is 7. The van der Waals surface area contributed by atoms with Crippen LogP contribution in [0.2, 0.25) is 0 Å². The molecule has 0 aliphatic carbocycles. The number of aromatic amines is 1. The van der Waals surface area contributed by atoms with E-state index in [0.29, 0.717) is 0 Å². The first-order chi connectivity index (χ1) is 15.0. The molecule has 0 saturated carbocycles. The van der Waals surface area contributed by atoms with Crippen molar-refractivity contribution in [3.63, 3.8) is 0 Å². The lowest BCUT2D eigenvalue weighted by Gasteiger charge is -2.42. The Hall–Kier alpha value is -2.65. The van der Waals surface area contributed by atoms with Crippen LogP contribution in [0, 0.1) is 0 Å². The zero-order valence-corrected chi connectivity index (χ0v) is 16.9. The molecule has 1 aliphatic rings. The van der Waals surface area contributed by atoms with Crippen molar-refractivity contribution in [2.75, 3.05) is 6.61 Å². The van der Waals surface area contributed by atoms with Gasteiger partial charge in [0.1, 0.15) is 24.1 Å². The molecule has 2 aromatic rings. The lowest BCUT2D eigenvalue weighted by atomic mass is 10.00. The number of benzene rings is 1. The van der Waals surface area contributed by atoms with Gasteiger partial charge >= 0.3 is 11.6 Å². The number of nitrogens with zero attached hydrogens (tertiary/aromatic N) is 2. The summed E-state index contributed by atoms with van der Waals surface area (Å²) in [5, 5.41) is 63.2. The molecule has 12 nitrogen and oxygen atoms in total. The van der Waals surface area contributed by atoms with E-state index in [9.17, 15) is 44.7 Å². The Morgan fingerprint density at radius 3 is 2.53 bits per heavy atom. The van der Waals surface area contributed by atoms with Crippen molar-refractivity contribution in [2.24, 2.45) is 0 Å². The third kappa shape index (κ3) is 3.84. The summed E-state index contributed by atoms with van der Waals surface area (Å²) in [7, 11) is 0. The first-order valence-electron chi connectivity index (χ1n) is 9.60. The minimum Gasteiger partial charge on any atom is -0.508 e. The number of halogens is 1. The highest BCUT2D eigenvalue weighted by Crippen LogP contribution is 2.43. The molecule has 1 unspecified atom stereocenters. The molecule has 0 amide bonds. The Labute approximate surface area is 179 Å². The van der Waals surface area contributed by atoms with Gasteiger partial charge in [-0.3, -0.25) is 9.78 Å². The first kappa shape index (κ1) is 24.0. The number of H-pyrrole nitrogens is 1. The Kier molecular flexibility index (Phi) is 6.53. The van der Waals surface area contributed by atoms with E-state index in [1.54, 1.807) is 0 Å². The maximum absolute atomic E-state index is 13.5. The van der Waals surface area contributed by atoms with Crippen LogP contribution in [-0.2, 0) is 23.6 Å². The molecule has 2 heterocycles. The third-order valence-corrected chi connectivity index (χ3v) is 5.29. The van der Waals surface area contributed by atoms with Crippen LogP contribution < -0.4 is 11.2 Å². The minimum atomic E-state index is -3.26. The summed E-state index contributed by atoms with van der Waals surface area (Å²) >= 11 is 0. The van der Waals surface area contributed by atoms with Gasteiger partial charge in [0, 0.05) is 23.7 Å². The number of aromatic nitrogens is 2. The lowest BCUT2D eigenvalue weighted by Crippen LogP contribution is -2.68. The van der Waals surface area contributed by atoms with E-state index in [4.69, 9.17) is 4.74 Å². The molecule has 13 heteroatoms. The number of aliphatic hydroxyl groups is 4. The molecule has 3 rings (SSSR count). The summed E-state index contributed by atoms with van der Waals surface area (Å²) in [4.78, 5) is 26.3. The first-order valence-corrected chi connectivity index (χ1v) is 9.60. The number of aromatic hydroxyl groups is 1. The number of phenols is 1. The molecule has 0 spiro atoms. The van der Waals surface area contributed by atoms with Crippen LogP contribution in [0.15, 0.2) is 40.1 Å². The number of phenolic OH excluding ortho intramolecular Hbond substituents is 1. The number of para-hydroxylation sites is 1. The van der Waals surface area contributed by atoms with Crippen molar-refractivity contribution in [3.05, 3.63) is 62.4 Å². The largest absolute Gasteiger partial charge is 0.508 e. The van der Waals surface area contributed by atoms with Crippen LogP contribution in [0.5, 0.6) is 5.75 Å². The second-order valence-corrected chi connectivity index (χ2v) is 7.57. The molecule has 0 bridgehead atoms. The van der Waals surface area contributed by atoms with Crippen molar-refractivity contribution in [1.29, 1.82) is 0 Å². The van der Waals surface area contributed by atoms with Gasteiger partial charge in [-0.05, 0) is 13.0 Å². The van der Waals surface area contributed by atoms with E-state index in [1.807, 2.05) is 4.98 Å². The molecule has 1 aromatic heterocycles. The smallest absolute Gasteiger partial charge is 0.332 e. The number of ether oxygens (including phenoxy) is 1. The van der Waals surface area contributed by atoms with E-state index in [2.05, 4.69) is 0 Å². The van der Waals surface area contributed by atoms with Crippen LogP contribution in [0.4, 0.5) is 4.39 Å². The molecule has 0 radical (unpaired) electrons. The maximum atomic E-state index is 13.5. The summed E-state index contributed by atoms with van der Waals surface area (Å²) in [5.41, 5.74) is -5.69. The fraction of sp³-hybridized carbons (Fsp3) is 0.474. The predicted octanol–water partition coefficient (Wildman–Crippen LogP) is -1.92. The Bertz CT molecular complexity index is 1090. The molecule has 1 aromatic carbocycles. The standard InChI is InChI=1S/C19H24FN3O9/c1-10(20)6-12-7-22(17(28)21-16(12)27)19(30)18(29,15(26)14(9-24)32-19)23(31)8-11-4-2-3-5-13(11)25/h2-5,7,10,14-15,24-26,29-31H,6,8-9H2,1H3,(H,21,27,28)/t10?,14-,15-,18-,19-/m1/s1. The monoisotopic (exact) mass is 457 g/mol. The van der Waals surface area contributed by atoms with Crippen molar-refractivity contribution in [1.82, 2.24) is 14.6 Å². The molecule has 32 heavy (non-hydrogen) atoms. The molecule has 1 aliphatic heterocycles. The molecule has 1 saturated heterocycles. The van der Waals surface area contributed by atoms with E-state index < -0.39 is 60.8 Å². The fourth-order valence-electron chi connectivity index (χ4n) is 3.62. The molecule has 1 fully saturated rings. The van der Waals surface area contributed by atoms with Gasteiger partial charge in [0.15, 0.2) is 0 Å². The summed E-state index contributed by atoms with van der Waals surface area (Å²) in [5.74, 6) is -3.54. The SMILES string of the molecule is CC(F)Cc1cn([C@]2(O)O[C@H](CO)[C@@H](O)[C@]2(O)N(O)Cc2ccccc2O)c(=O)[nH]c1=O. The van der Waals surface area contributed by atoms with Crippen molar-refractivity contribution >= 4 is 0 Å². The number of hydrogen-bond donors (Lipinski definition) is 7. The van der Waals surface area contributed by atoms with Crippen molar-refractivity contribution < 1.29 is 39.9 Å². The number of hydrogen-bond acceptors (Lipinski definition) is 10. The van der Waals surface area contributed by atoms with Gasteiger partial charge in [-0.15, -0.1) is 5.06 Å². The molecule has 5 atom stereocenters. The Morgan fingerprint density at radius 1 is 1.28 bits per heavy atom. The number of alkyl halides is 1. The molecular formula is C19H24FN3O9. The molecule has 176 valence electrons. The van der Waals surface area contributed by atoms with Gasteiger partial charge < -0.3 is 35.5 Å². The van der Waals surface area contributed by atoms with E-state index >= 15 is 0 Å². The average Bonchev–Trinajstić information content (AvgIpc) is 2.93. The van der Waals surface area contributed by atoms with Crippen LogP contribution in [0.25, 0.3) is 0 Å². The topological polar surface area (TPSA) is 189 Å². The van der Waals surface area contributed by atoms with Crippen LogP contribution >= 0.6 is 0 Å². The third-order valence-electron chi connectivity index (χ3n) is 5.29. The second-order valence-electron chi connectivity index (χ2n) is 7.57. The van der Waals surface area contributed by atoms with Crippen molar-refractivity contribution in [3.8, 4) is 5.75 Å². The van der Waals surface area contributed by atoms with E-state index in [-0.39, 0.29) is 26.5 Å². The van der Waals surface area contributed by atoms with Gasteiger partial charge in [0.05, 0.1) is 13.2 Å². The van der Waals surface area contributed by atoms with Gasteiger partial charge in [-0.1, -0.05) is 18.2 Å². The van der Waals surface area contributed by atoms with Gasteiger partial charge in [-0.25, -0.2) is 13.8 Å². The average molecular weight is 457 g/mol. The highest BCUT2D eigenvalue weighted by Gasteiger charge is 2.70. The Morgan fingerprint density at radius 2 is 1.94 bits per heavy atom. The predicted molar refractivity (Wildman–Crippen MR) is 104 cm³/mol. The minimum absolute atomic E-state index is 0.0252. The van der Waals surface area contributed by atoms with Crippen LogP contribution in [0.1, 0.15) is 18.1 Å². The summed E-state index contributed by atoms with van der Waals surface area (Å²) < 4.78 is 18.9. The summed E-state index contributed by atoms with van der Waals surface area (Å²) in [6, 6.07) is 5.66. The Balaban J connectivity index is 2.15. The number of nitrogens with one attached hydrogen (secondary N) is 1. The van der Waals surface area contributed by atoms with Crippen molar-refractivity contribution in [2.45, 2.75) is 49.9 Å². The normalized spacial score (nSPS) is 28.9. The maximum Gasteiger partial charge on any atom is 0.332 e. The molecule has 7 N–H and O–H groups in total. The highest BCUT2D eigenvalue weighted by atomic mass is 19.1. The lowest BCUT2D eigenvalue weighted by molar-refractivity contribution is -0.413. The zero-order valence-electron chi connectivity index (χ0n) is 16.9. The zero-order chi connectivity index (χ0) is 23.8. The summed E-state index contributed by atoms with van der Waals surface area (Å²) in [6.07, 6.45) is -5.12. The number of aliphatic hydroxyl groups excluding tert-OH is 2. The van der Waals surface area contributed by atoms with Crippen LogP contribution in [0.3, 0.4) is 0 Å². The van der Waals surface area contributed by atoms with Crippen LogP contribution in [-0.4, -0.2) is 76.1 Å². The van der Waals surface area contributed by atoms with Gasteiger partial charge in [0.25, 0.3) is 5.56 Å². The van der Waals surface area contributed by atoms with E-state index in [0.717, 1.165) is 13.1 Å². The number of hydroxylamine groups is 2. The van der Waals surface area contributed by atoms with Gasteiger partial charge in [-0.2, -0.15) is 0 Å². The second kappa shape index (κ2) is 8.71. The van der Waals surface area contributed by atoms with Gasteiger partial charge in [0.2, 0.25) is 5.72 Å². The fourth-order valence-corrected chi connectivity index (χ4v) is 3.62. The quantitative estimate of drug-likeness (QED) is 0.182. The highest BCUT2D eigenvalue weighted by molar-refractivity contribution is 5.31.